The Morgan fingerprint density at radius 1 is 1.07 bits per heavy atom. The van der Waals surface area contributed by atoms with E-state index in [-0.39, 0.29) is 17.9 Å². The number of piperidine rings is 1. The second kappa shape index (κ2) is 8.18. The number of fused-ring (bicyclic) bond motifs is 1. The third-order valence-corrected chi connectivity index (χ3v) is 6.68. The molecule has 0 spiro atoms. The molecule has 0 bridgehead atoms. The molecule has 0 aromatic carbocycles. The van der Waals surface area contributed by atoms with Crippen molar-refractivity contribution in [1.82, 2.24) is 14.9 Å². The summed E-state index contributed by atoms with van der Waals surface area (Å²) in [5.41, 5.74) is 1.88. The highest BCUT2D eigenvalue weighted by atomic mass is 16.2. The van der Waals surface area contributed by atoms with Crippen molar-refractivity contribution in [3.8, 4) is 0 Å². The summed E-state index contributed by atoms with van der Waals surface area (Å²) >= 11 is 0. The zero-order valence-corrected chi connectivity index (χ0v) is 17.2. The van der Waals surface area contributed by atoms with E-state index >= 15 is 0 Å². The number of hydrogen-bond acceptors (Lipinski definition) is 4. The molecule has 152 valence electrons. The fourth-order valence-corrected chi connectivity index (χ4v) is 5.06. The van der Waals surface area contributed by atoms with Crippen molar-refractivity contribution in [2.24, 2.45) is 5.92 Å². The van der Waals surface area contributed by atoms with Crippen molar-refractivity contribution in [1.29, 1.82) is 0 Å². The van der Waals surface area contributed by atoms with Crippen molar-refractivity contribution in [3.05, 3.63) is 17.1 Å². The summed E-state index contributed by atoms with van der Waals surface area (Å²) in [6.07, 6.45) is 10.2. The topological polar surface area (TPSA) is 66.4 Å². The van der Waals surface area contributed by atoms with Crippen LogP contribution in [0.1, 0.15) is 87.8 Å². The summed E-state index contributed by atoms with van der Waals surface area (Å²) in [5.74, 6) is 2.44. The molecular formula is C22H32N4O2. The number of amides is 2. The Kier molecular flexibility index (Phi) is 5.65. The van der Waals surface area contributed by atoms with Crippen molar-refractivity contribution >= 4 is 17.6 Å². The molecule has 6 heteroatoms. The number of aryl methyl sites for hydroxylation is 1. The first kappa shape index (κ1) is 19.3. The summed E-state index contributed by atoms with van der Waals surface area (Å²) < 4.78 is 0. The second-order valence-electron chi connectivity index (χ2n) is 8.61. The fraction of sp³-hybridized carbons (Fsp3) is 0.727. The van der Waals surface area contributed by atoms with Gasteiger partial charge in [-0.15, -0.1) is 0 Å². The van der Waals surface area contributed by atoms with Gasteiger partial charge < -0.3 is 4.90 Å². The van der Waals surface area contributed by atoms with E-state index in [2.05, 4.69) is 0 Å². The Balaban J connectivity index is 1.63. The number of anilines is 1. The molecule has 3 aliphatic rings. The van der Waals surface area contributed by atoms with E-state index in [1.807, 2.05) is 23.6 Å². The Hall–Kier alpha value is -1.98. The highest BCUT2D eigenvalue weighted by molar-refractivity contribution is 6.00. The third-order valence-electron chi connectivity index (χ3n) is 6.68. The lowest BCUT2D eigenvalue weighted by Crippen LogP contribution is -2.39. The van der Waals surface area contributed by atoms with Crippen LogP contribution in [-0.2, 0) is 16.0 Å². The molecule has 2 amide bonds. The van der Waals surface area contributed by atoms with Crippen molar-refractivity contribution in [2.45, 2.75) is 84.1 Å². The smallest absolute Gasteiger partial charge is 0.232 e. The van der Waals surface area contributed by atoms with Gasteiger partial charge in [0.2, 0.25) is 11.8 Å². The molecule has 4 rings (SSSR count). The predicted octanol–water partition coefficient (Wildman–Crippen LogP) is 3.72. The molecule has 3 heterocycles. The second-order valence-corrected chi connectivity index (χ2v) is 8.61. The maximum Gasteiger partial charge on any atom is 0.232 e. The Labute approximate surface area is 167 Å². The van der Waals surface area contributed by atoms with E-state index in [0.29, 0.717) is 18.8 Å². The van der Waals surface area contributed by atoms with E-state index in [9.17, 15) is 9.59 Å². The monoisotopic (exact) mass is 384 g/mol. The molecule has 2 fully saturated rings. The average molecular weight is 385 g/mol. The van der Waals surface area contributed by atoms with Crippen LogP contribution in [-0.4, -0.2) is 39.8 Å². The molecule has 1 aromatic heterocycles. The van der Waals surface area contributed by atoms with Gasteiger partial charge in [-0.2, -0.15) is 0 Å². The van der Waals surface area contributed by atoms with Crippen LogP contribution in [0.2, 0.25) is 0 Å². The molecule has 1 saturated carbocycles. The lowest BCUT2D eigenvalue weighted by atomic mass is 9.89. The molecule has 6 nitrogen and oxygen atoms in total. The van der Waals surface area contributed by atoms with Crippen LogP contribution in [0.25, 0.3) is 0 Å². The highest BCUT2D eigenvalue weighted by Crippen LogP contribution is 2.36. The lowest BCUT2D eigenvalue weighted by molar-refractivity contribution is -0.135. The summed E-state index contributed by atoms with van der Waals surface area (Å²) in [6.45, 7) is 5.45. The molecule has 2 aliphatic heterocycles. The Morgan fingerprint density at radius 2 is 1.82 bits per heavy atom. The minimum atomic E-state index is -0.0579. The molecule has 1 atom stereocenters. The van der Waals surface area contributed by atoms with Gasteiger partial charge in [0.05, 0.1) is 12.5 Å². The summed E-state index contributed by atoms with van der Waals surface area (Å²) in [7, 11) is 0. The number of nitrogens with zero attached hydrogens (tertiary/aromatic N) is 4. The van der Waals surface area contributed by atoms with Crippen LogP contribution < -0.4 is 4.90 Å². The first-order chi connectivity index (χ1) is 13.6. The van der Waals surface area contributed by atoms with Gasteiger partial charge >= 0.3 is 0 Å². The highest BCUT2D eigenvalue weighted by Gasteiger charge is 2.36. The van der Waals surface area contributed by atoms with Crippen LogP contribution in [0.15, 0.2) is 0 Å². The number of aromatic nitrogens is 2. The minimum absolute atomic E-state index is 0.0579. The molecule has 0 radical (unpaired) electrons. The summed E-state index contributed by atoms with van der Waals surface area (Å²) in [5, 5.41) is 0. The molecule has 1 aromatic rings. The maximum absolute atomic E-state index is 12.8. The first-order valence-electron chi connectivity index (χ1n) is 11.1. The van der Waals surface area contributed by atoms with Crippen LogP contribution in [0, 0.1) is 12.8 Å². The predicted molar refractivity (Wildman–Crippen MR) is 108 cm³/mol. The third kappa shape index (κ3) is 3.65. The van der Waals surface area contributed by atoms with Crippen LogP contribution in [0.5, 0.6) is 0 Å². The minimum Gasteiger partial charge on any atom is -0.332 e. The van der Waals surface area contributed by atoms with Crippen LogP contribution >= 0.6 is 0 Å². The lowest BCUT2D eigenvalue weighted by Gasteiger charge is -2.35. The SMILES string of the molecule is CCC(=O)N1CCCCC1c1nc(C)c2c(n1)N(CC1CCCCC1)C(=O)C2. The quantitative estimate of drug-likeness (QED) is 0.793. The molecule has 1 unspecified atom stereocenters. The van der Waals surface area contributed by atoms with Gasteiger partial charge in [-0.25, -0.2) is 9.97 Å². The van der Waals surface area contributed by atoms with Crippen LogP contribution in [0.4, 0.5) is 5.82 Å². The normalized spacial score (nSPS) is 23.2. The van der Waals surface area contributed by atoms with Gasteiger partial charge in [-0.1, -0.05) is 26.2 Å². The standard InChI is InChI=1S/C22H32N4O2/c1-3-19(27)25-12-8-7-11-18(25)21-23-15(2)17-13-20(28)26(22(17)24-21)14-16-9-5-4-6-10-16/h16,18H,3-14H2,1-2H3. The van der Waals surface area contributed by atoms with Crippen molar-refractivity contribution < 1.29 is 9.59 Å². The molecule has 0 N–H and O–H groups in total. The van der Waals surface area contributed by atoms with Gasteiger partial charge in [0, 0.05) is 30.8 Å². The molecule has 1 aliphatic carbocycles. The number of likely N-dealkylation sites (tertiary alicyclic amines) is 1. The first-order valence-corrected chi connectivity index (χ1v) is 11.1. The zero-order valence-electron chi connectivity index (χ0n) is 17.2. The van der Waals surface area contributed by atoms with Gasteiger partial charge in [0.1, 0.15) is 5.82 Å². The molecular weight excluding hydrogens is 352 g/mol. The van der Waals surface area contributed by atoms with Gasteiger partial charge in [-0.05, 0) is 44.9 Å². The van der Waals surface area contributed by atoms with E-state index in [0.717, 1.165) is 55.3 Å². The zero-order chi connectivity index (χ0) is 19.7. The number of hydrogen-bond donors (Lipinski definition) is 0. The van der Waals surface area contributed by atoms with E-state index < -0.39 is 0 Å². The maximum atomic E-state index is 12.8. The van der Waals surface area contributed by atoms with Crippen LogP contribution in [0.3, 0.4) is 0 Å². The van der Waals surface area contributed by atoms with Crippen molar-refractivity contribution in [2.75, 3.05) is 18.0 Å². The van der Waals surface area contributed by atoms with Crippen molar-refractivity contribution in [3.63, 3.8) is 0 Å². The molecule has 1 saturated heterocycles. The molecule has 28 heavy (non-hydrogen) atoms. The van der Waals surface area contributed by atoms with Gasteiger partial charge in [0.25, 0.3) is 0 Å². The largest absolute Gasteiger partial charge is 0.332 e. The summed E-state index contributed by atoms with van der Waals surface area (Å²) in [6, 6.07) is -0.0579. The van der Waals surface area contributed by atoms with E-state index in [4.69, 9.17) is 9.97 Å². The van der Waals surface area contributed by atoms with E-state index in [1.54, 1.807) is 0 Å². The summed E-state index contributed by atoms with van der Waals surface area (Å²) in [4.78, 5) is 38.7. The number of rotatable bonds is 4. The van der Waals surface area contributed by atoms with Gasteiger partial charge in [-0.3, -0.25) is 14.5 Å². The average Bonchev–Trinajstić information content (AvgIpc) is 3.04. The number of carbonyl (C=O) groups excluding carboxylic acids is 2. The van der Waals surface area contributed by atoms with E-state index in [1.165, 1.54) is 32.1 Å². The Morgan fingerprint density at radius 3 is 2.57 bits per heavy atom. The fourth-order valence-electron chi connectivity index (χ4n) is 5.06. The number of carbonyl (C=O) groups is 2. The Bertz CT molecular complexity index is 757. The van der Waals surface area contributed by atoms with Gasteiger partial charge in [0.15, 0.2) is 5.82 Å².